The van der Waals surface area contributed by atoms with Gasteiger partial charge in [0.05, 0.1) is 4.87 Å². The number of hydrogen-bond donors (Lipinski definition) is 0. The van der Waals surface area contributed by atoms with Crippen molar-refractivity contribution in [2.45, 2.75) is 51.4 Å². The minimum absolute atomic E-state index is 0.00854. The molecule has 0 bridgehead atoms. The largest absolute Gasteiger partial charge is 0.456 e. The Bertz CT molecular complexity index is 760. The van der Waals surface area contributed by atoms with Crippen LogP contribution >= 0.6 is 11.8 Å². The molecule has 2 atom stereocenters. The van der Waals surface area contributed by atoms with Crippen LogP contribution in [0.25, 0.3) is 0 Å². The third kappa shape index (κ3) is 3.19. The van der Waals surface area contributed by atoms with Gasteiger partial charge in [0, 0.05) is 17.7 Å². The van der Waals surface area contributed by atoms with Gasteiger partial charge in [-0.25, -0.2) is 4.79 Å². The molecule has 2 saturated heterocycles. The molecule has 6 heteroatoms. The van der Waals surface area contributed by atoms with E-state index in [0.29, 0.717) is 17.7 Å². The summed E-state index contributed by atoms with van der Waals surface area (Å²) >= 11 is 1.61. The molecule has 2 aliphatic rings. The molecule has 134 valence electrons. The number of hydrogen-bond acceptors (Lipinski definition) is 5. The molecule has 0 aliphatic carbocycles. The molecular weight excluding hydrogens is 338 g/mol. The minimum atomic E-state index is -0.585. The van der Waals surface area contributed by atoms with Gasteiger partial charge in [-0.1, -0.05) is 6.07 Å². The highest BCUT2D eigenvalue weighted by Crippen LogP contribution is 2.47. The SMILES string of the molecule is Cc1cc(C)c(C(=O)COC(=O)[C@@H]2CS[C@]3(C)CCC(=O)N23)cc1C. The van der Waals surface area contributed by atoms with E-state index < -0.39 is 12.0 Å². The number of esters is 1. The number of benzene rings is 1. The number of nitrogens with zero attached hydrogens (tertiary/aromatic N) is 1. The molecule has 2 heterocycles. The Kier molecular flexibility index (Phi) is 4.66. The highest BCUT2D eigenvalue weighted by atomic mass is 32.2. The zero-order valence-electron chi connectivity index (χ0n) is 15.0. The first-order valence-electron chi connectivity index (χ1n) is 8.47. The molecule has 2 fully saturated rings. The van der Waals surface area contributed by atoms with Crippen molar-refractivity contribution < 1.29 is 19.1 Å². The van der Waals surface area contributed by atoms with E-state index in [9.17, 15) is 14.4 Å². The summed E-state index contributed by atoms with van der Waals surface area (Å²) in [6.07, 6.45) is 1.22. The summed E-state index contributed by atoms with van der Waals surface area (Å²) in [6, 6.07) is 3.22. The Morgan fingerprint density at radius 2 is 1.92 bits per heavy atom. The molecule has 0 radical (unpaired) electrons. The molecular formula is C19H23NO4S. The summed E-state index contributed by atoms with van der Waals surface area (Å²) in [4.78, 5) is 38.3. The van der Waals surface area contributed by atoms with Gasteiger partial charge in [0.1, 0.15) is 6.04 Å². The highest BCUT2D eigenvalue weighted by Gasteiger charge is 2.53. The summed E-state index contributed by atoms with van der Waals surface area (Å²) in [5.41, 5.74) is 3.62. The number of carbonyl (C=O) groups excluding carboxylic acids is 3. The zero-order valence-corrected chi connectivity index (χ0v) is 15.9. The van der Waals surface area contributed by atoms with Gasteiger partial charge in [-0.15, -0.1) is 11.8 Å². The number of amides is 1. The molecule has 5 nitrogen and oxygen atoms in total. The number of rotatable bonds is 4. The van der Waals surface area contributed by atoms with Crippen LogP contribution in [0.2, 0.25) is 0 Å². The number of ether oxygens (including phenoxy) is 1. The van der Waals surface area contributed by atoms with Gasteiger partial charge >= 0.3 is 5.97 Å². The molecule has 0 unspecified atom stereocenters. The molecule has 3 rings (SSSR count). The third-order valence-electron chi connectivity index (χ3n) is 5.20. The van der Waals surface area contributed by atoms with E-state index in [0.717, 1.165) is 23.1 Å². The van der Waals surface area contributed by atoms with E-state index in [-0.39, 0.29) is 23.2 Å². The number of thioether (sulfide) groups is 1. The molecule has 0 N–H and O–H groups in total. The lowest BCUT2D eigenvalue weighted by molar-refractivity contribution is -0.152. The first-order chi connectivity index (χ1) is 11.7. The topological polar surface area (TPSA) is 63.7 Å². The molecule has 1 amide bonds. The maximum atomic E-state index is 12.4. The Balaban J connectivity index is 1.66. The van der Waals surface area contributed by atoms with E-state index in [4.69, 9.17) is 4.74 Å². The number of Topliss-reactive ketones (excluding diaryl/α,β-unsaturated/α-hetero) is 1. The Hall–Kier alpha value is -1.82. The van der Waals surface area contributed by atoms with Crippen LogP contribution in [0.5, 0.6) is 0 Å². The standard InChI is InChI=1S/C19H23NO4S/c1-11-7-13(3)14(8-12(11)2)16(21)9-24-18(23)15-10-25-19(4)6-5-17(22)20(15)19/h7-8,15H,5-6,9-10H2,1-4H3/t15-,19+/m0/s1. The number of ketones is 1. The zero-order chi connectivity index (χ0) is 18.4. The summed E-state index contributed by atoms with van der Waals surface area (Å²) < 4.78 is 5.27. The van der Waals surface area contributed by atoms with E-state index in [1.807, 2.05) is 39.8 Å². The van der Waals surface area contributed by atoms with Gasteiger partial charge < -0.3 is 9.64 Å². The van der Waals surface area contributed by atoms with E-state index in [2.05, 4.69) is 0 Å². The van der Waals surface area contributed by atoms with Crippen molar-refractivity contribution in [2.75, 3.05) is 12.4 Å². The lowest BCUT2D eigenvalue weighted by atomic mass is 9.98. The average Bonchev–Trinajstić information content (AvgIpc) is 3.05. The first kappa shape index (κ1) is 18.0. The predicted octanol–water partition coefficient (Wildman–Crippen LogP) is 2.79. The van der Waals surface area contributed by atoms with Crippen LogP contribution in [-0.4, -0.2) is 45.8 Å². The highest BCUT2D eigenvalue weighted by molar-refractivity contribution is 8.01. The number of carbonyl (C=O) groups is 3. The van der Waals surface area contributed by atoms with Crippen LogP contribution in [-0.2, 0) is 14.3 Å². The van der Waals surface area contributed by atoms with Crippen molar-refractivity contribution in [2.24, 2.45) is 0 Å². The van der Waals surface area contributed by atoms with Gasteiger partial charge in [0.25, 0.3) is 0 Å². The summed E-state index contributed by atoms with van der Waals surface area (Å²) in [7, 11) is 0. The van der Waals surface area contributed by atoms with Crippen molar-refractivity contribution in [3.05, 3.63) is 34.4 Å². The van der Waals surface area contributed by atoms with Gasteiger partial charge in [-0.05, 0) is 56.9 Å². The van der Waals surface area contributed by atoms with Crippen molar-refractivity contribution in [3.63, 3.8) is 0 Å². The summed E-state index contributed by atoms with van der Waals surface area (Å²) in [6.45, 7) is 7.52. The maximum absolute atomic E-state index is 12.4. The minimum Gasteiger partial charge on any atom is -0.456 e. The molecule has 1 aromatic carbocycles. The van der Waals surface area contributed by atoms with E-state index in [1.165, 1.54) is 0 Å². The van der Waals surface area contributed by atoms with Crippen LogP contribution < -0.4 is 0 Å². The van der Waals surface area contributed by atoms with Crippen LogP contribution in [0.3, 0.4) is 0 Å². The van der Waals surface area contributed by atoms with Crippen LogP contribution in [0, 0.1) is 20.8 Å². The lowest BCUT2D eigenvalue weighted by Crippen LogP contribution is -2.46. The lowest BCUT2D eigenvalue weighted by Gasteiger charge is -2.29. The van der Waals surface area contributed by atoms with Crippen LogP contribution in [0.15, 0.2) is 12.1 Å². The van der Waals surface area contributed by atoms with Gasteiger partial charge in [0.2, 0.25) is 11.7 Å². The fourth-order valence-corrected chi connectivity index (χ4v) is 4.98. The quantitative estimate of drug-likeness (QED) is 0.609. The fourth-order valence-electron chi connectivity index (χ4n) is 3.57. The number of fused-ring (bicyclic) bond motifs is 1. The Morgan fingerprint density at radius 1 is 1.24 bits per heavy atom. The molecule has 25 heavy (non-hydrogen) atoms. The molecule has 1 aromatic rings. The van der Waals surface area contributed by atoms with Gasteiger partial charge in [-0.2, -0.15) is 0 Å². The van der Waals surface area contributed by atoms with E-state index >= 15 is 0 Å². The fraction of sp³-hybridized carbons (Fsp3) is 0.526. The van der Waals surface area contributed by atoms with Crippen molar-refractivity contribution in [3.8, 4) is 0 Å². The summed E-state index contributed by atoms with van der Waals surface area (Å²) in [5.74, 6) is -0.181. The second-order valence-electron chi connectivity index (χ2n) is 7.05. The van der Waals surface area contributed by atoms with Gasteiger partial charge in [0.15, 0.2) is 6.61 Å². The summed E-state index contributed by atoms with van der Waals surface area (Å²) in [5, 5.41) is 0. The monoisotopic (exact) mass is 361 g/mol. The molecule has 2 aliphatic heterocycles. The normalized spacial score (nSPS) is 25.2. The molecule has 0 saturated carbocycles. The predicted molar refractivity (Wildman–Crippen MR) is 96.7 cm³/mol. The van der Waals surface area contributed by atoms with Crippen LogP contribution in [0.1, 0.15) is 46.8 Å². The third-order valence-corrected chi connectivity index (χ3v) is 6.71. The Labute approximate surface area is 152 Å². The van der Waals surface area contributed by atoms with E-state index in [1.54, 1.807) is 16.7 Å². The first-order valence-corrected chi connectivity index (χ1v) is 9.45. The van der Waals surface area contributed by atoms with Gasteiger partial charge in [-0.3, -0.25) is 9.59 Å². The second-order valence-corrected chi connectivity index (χ2v) is 8.55. The smallest absolute Gasteiger partial charge is 0.330 e. The molecule has 0 spiro atoms. The molecule has 0 aromatic heterocycles. The maximum Gasteiger partial charge on any atom is 0.330 e. The second kappa shape index (κ2) is 6.48. The Morgan fingerprint density at radius 3 is 2.64 bits per heavy atom. The van der Waals surface area contributed by atoms with Crippen molar-refractivity contribution in [1.29, 1.82) is 0 Å². The van der Waals surface area contributed by atoms with Crippen molar-refractivity contribution in [1.82, 2.24) is 4.90 Å². The average molecular weight is 361 g/mol. The van der Waals surface area contributed by atoms with Crippen LogP contribution in [0.4, 0.5) is 0 Å². The number of aryl methyl sites for hydroxylation is 3. The van der Waals surface area contributed by atoms with Crippen molar-refractivity contribution >= 4 is 29.4 Å².